The summed E-state index contributed by atoms with van der Waals surface area (Å²) >= 11 is 1.30. The molecule has 3 rings (SSSR count). The summed E-state index contributed by atoms with van der Waals surface area (Å²) in [5.74, 6) is 0.285. The number of nitrogens with zero attached hydrogens (tertiary/aromatic N) is 3. The Kier molecular flexibility index (Phi) is 6.33. The van der Waals surface area contributed by atoms with E-state index in [1.807, 2.05) is 49.7 Å². The van der Waals surface area contributed by atoms with Crippen LogP contribution in [0.2, 0.25) is 0 Å². The van der Waals surface area contributed by atoms with Crippen LogP contribution >= 0.6 is 11.8 Å². The first-order valence-corrected chi connectivity index (χ1v) is 9.96. The fraction of sp³-hybridized carbons (Fsp3) is 0.238. The van der Waals surface area contributed by atoms with E-state index in [-0.39, 0.29) is 11.7 Å². The monoisotopic (exact) mass is 410 g/mol. The summed E-state index contributed by atoms with van der Waals surface area (Å²) in [6.45, 7) is 3.88. The van der Waals surface area contributed by atoms with Crippen molar-refractivity contribution in [2.24, 2.45) is 7.05 Å². The van der Waals surface area contributed by atoms with Gasteiger partial charge in [0.15, 0.2) is 11.0 Å². The van der Waals surface area contributed by atoms with Crippen molar-refractivity contribution in [2.75, 3.05) is 18.2 Å². The molecule has 1 N–H and O–H groups in total. The Morgan fingerprint density at radius 3 is 2.59 bits per heavy atom. The van der Waals surface area contributed by atoms with E-state index in [1.54, 1.807) is 18.2 Å². The number of hydrogen-bond donors (Lipinski definition) is 1. The molecule has 1 heterocycles. The summed E-state index contributed by atoms with van der Waals surface area (Å²) in [5, 5.41) is 12.0. The minimum Gasteiger partial charge on any atom is -0.465 e. The largest absolute Gasteiger partial charge is 0.465 e. The molecule has 0 radical (unpaired) electrons. The highest BCUT2D eigenvalue weighted by molar-refractivity contribution is 7.99. The van der Waals surface area contributed by atoms with Gasteiger partial charge in [0.25, 0.3) is 0 Å². The summed E-state index contributed by atoms with van der Waals surface area (Å²) in [6.07, 6.45) is 0. The molecule has 0 spiro atoms. The van der Waals surface area contributed by atoms with Crippen LogP contribution in [0.15, 0.2) is 47.6 Å². The second-order valence-electron chi connectivity index (χ2n) is 6.54. The van der Waals surface area contributed by atoms with Gasteiger partial charge in [0, 0.05) is 18.3 Å². The second-order valence-corrected chi connectivity index (χ2v) is 7.48. The second kappa shape index (κ2) is 8.91. The van der Waals surface area contributed by atoms with Gasteiger partial charge in [-0.2, -0.15) is 0 Å². The molecule has 0 aliphatic rings. The lowest BCUT2D eigenvalue weighted by molar-refractivity contribution is -0.113. The van der Waals surface area contributed by atoms with Gasteiger partial charge in [-0.15, -0.1) is 10.2 Å². The van der Waals surface area contributed by atoms with Crippen LogP contribution in [0.5, 0.6) is 0 Å². The van der Waals surface area contributed by atoms with Gasteiger partial charge in [-0.25, -0.2) is 4.79 Å². The topological polar surface area (TPSA) is 86.1 Å². The number of hydrogen-bond acceptors (Lipinski definition) is 6. The van der Waals surface area contributed by atoms with Gasteiger partial charge in [-0.1, -0.05) is 42.1 Å². The Morgan fingerprint density at radius 1 is 1.10 bits per heavy atom. The number of thioether (sulfide) groups is 1. The average Bonchev–Trinajstić information content (AvgIpc) is 3.08. The van der Waals surface area contributed by atoms with Crippen LogP contribution in [0, 0.1) is 13.8 Å². The molecule has 3 aromatic rings. The molecule has 1 amide bonds. The normalized spacial score (nSPS) is 10.6. The highest BCUT2D eigenvalue weighted by Crippen LogP contribution is 2.25. The summed E-state index contributed by atoms with van der Waals surface area (Å²) in [5.41, 5.74) is 3.94. The van der Waals surface area contributed by atoms with Gasteiger partial charge in [-0.3, -0.25) is 4.79 Å². The fourth-order valence-corrected chi connectivity index (χ4v) is 3.53. The number of aromatic nitrogens is 3. The molecule has 29 heavy (non-hydrogen) atoms. The zero-order valence-electron chi connectivity index (χ0n) is 16.7. The molecule has 0 aliphatic heterocycles. The zero-order valence-corrected chi connectivity index (χ0v) is 17.5. The van der Waals surface area contributed by atoms with E-state index in [0.29, 0.717) is 16.4 Å². The highest BCUT2D eigenvalue weighted by Gasteiger charge is 2.15. The molecule has 0 saturated carbocycles. The maximum atomic E-state index is 12.4. The molecule has 0 fully saturated rings. The third kappa shape index (κ3) is 4.65. The van der Waals surface area contributed by atoms with Crippen molar-refractivity contribution < 1.29 is 14.3 Å². The molecule has 7 nitrogen and oxygen atoms in total. The number of carbonyl (C=O) groups is 2. The molecule has 0 saturated heterocycles. The lowest BCUT2D eigenvalue weighted by atomic mass is 10.1. The lowest BCUT2D eigenvalue weighted by Crippen LogP contribution is -2.16. The van der Waals surface area contributed by atoms with E-state index in [1.165, 1.54) is 18.9 Å². The first kappa shape index (κ1) is 20.6. The van der Waals surface area contributed by atoms with Gasteiger partial charge in [0.2, 0.25) is 5.91 Å². The summed E-state index contributed by atoms with van der Waals surface area (Å²) in [4.78, 5) is 24.1. The van der Waals surface area contributed by atoms with E-state index < -0.39 is 5.97 Å². The molecule has 0 unspecified atom stereocenters. The van der Waals surface area contributed by atoms with Crippen molar-refractivity contribution in [3.8, 4) is 11.4 Å². The summed E-state index contributed by atoms with van der Waals surface area (Å²) in [7, 11) is 3.20. The number of carbonyl (C=O) groups excluding carboxylic acids is 2. The average molecular weight is 410 g/mol. The van der Waals surface area contributed by atoms with Crippen LogP contribution in [0.25, 0.3) is 11.4 Å². The van der Waals surface area contributed by atoms with Gasteiger partial charge in [0.1, 0.15) is 0 Å². The number of ether oxygens (including phenoxy) is 1. The van der Waals surface area contributed by atoms with E-state index in [0.717, 1.165) is 22.5 Å². The summed E-state index contributed by atoms with van der Waals surface area (Å²) < 4.78 is 6.61. The minimum atomic E-state index is -0.447. The summed E-state index contributed by atoms with van der Waals surface area (Å²) in [6, 6.07) is 13.0. The Hall–Kier alpha value is -3.13. The van der Waals surface area contributed by atoms with Crippen molar-refractivity contribution in [3.05, 3.63) is 59.2 Å². The third-order valence-electron chi connectivity index (χ3n) is 4.49. The predicted molar refractivity (Wildman–Crippen MR) is 113 cm³/mol. The number of rotatable bonds is 6. The Balaban J connectivity index is 1.68. The highest BCUT2D eigenvalue weighted by atomic mass is 32.2. The lowest BCUT2D eigenvalue weighted by Gasteiger charge is -2.10. The van der Waals surface area contributed by atoms with Crippen LogP contribution in [-0.4, -0.2) is 39.5 Å². The molecular weight excluding hydrogens is 388 g/mol. The number of benzene rings is 2. The minimum absolute atomic E-state index is 0.168. The van der Waals surface area contributed by atoms with E-state index >= 15 is 0 Å². The molecule has 8 heteroatoms. The number of esters is 1. The van der Waals surface area contributed by atoms with Crippen molar-refractivity contribution in [1.82, 2.24) is 14.8 Å². The van der Waals surface area contributed by atoms with Crippen LogP contribution < -0.4 is 5.32 Å². The van der Waals surface area contributed by atoms with Crippen LogP contribution in [0.1, 0.15) is 21.5 Å². The Labute approximate surface area is 173 Å². The number of anilines is 1. The van der Waals surface area contributed by atoms with Crippen molar-refractivity contribution >= 4 is 29.3 Å². The SMILES string of the molecule is COC(=O)c1ccc(C)c(NC(=O)CSc2nnc(-c3ccccc3C)n2C)c1. The standard InChI is InChI=1S/C21H22N4O3S/c1-13-7-5-6-8-16(13)19-23-24-21(25(19)3)29-12-18(26)22-17-11-15(20(27)28-4)10-9-14(17)2/h5-11H,12H2,1-4H3,(H,22,26). The van der Waals surface area contributed by atoms with Crippen molar-refractivity contribution in [1.29, 1.82) is 0 Å². The molecule has 0 bridgehead atoms. The number of amides is 1. The van der Waals surface area contributed by atoms with Crippen molar-refractivity contribution in [3.63, 3.8) is 0 Å². The maximum absolute atomic E-state index is 12.4. The fourth-order valence-electron chi connectivity index (χ4n) is 2.82. The predicted octanol–water partition coefficient (Wildman–Crippen LogP) is 3.62. The van der Waals surface area contributed by atoms with Crippen LogP contribution in [0.3, 0.4) is 0 Å². The van der Waals surface area contributed by atoms with Crippen molar-refractivity contribution in [2.45, 2.75) is 19.0 Å². The Morgan fingerprint density at radius 2 is 1.86 bits per heavy atom. The number of aryl methyl sites for hydroxylation is 2. The molecule has 0 atom stereocenters. The van der Waals surface area contributed by atoms with Gasteiger partial charge < -0.3 is 14.6 Å². The first-order valence-electron chi connectivity index (χ1n) is 8.97. The number of nitrogens with one attached hydrogen (secondary N) is 1. The molecule has 1 aromatic heterocycles. The molecule has 2 aromatic carbocycles. The van der Waals surface area contributed by atoms with Crippen LogP contribution in [-0.2, 0) is 16.6 Å². The zero-order chi connectivity index (χ0) is 21.0. The molecule has 0 aliphatic carbocycles. The van der Waals surface area contributed by atoms with E-state index in [9.17, 15) is 9.59 Å². The van der Waals surface area contributed by atoms with Gasteiger partial charge >= 0.3 is 5.97 Å². The molecule has 150 valence electrons. The first-order chi connectivity index (χ1) is 13.9. The maximum Gasteiger partial charge on any atom is 0.337 e. The Bertz CT molecular complexity index is 1060. The third-order valence-corrected chi connectivity index (χ3v) is 5.51. The quantitative estimate of drug-likeness (QED) is 0.493. The van der Waals surface area contributed by atoms with Crippen LogP contribution in [0.4, 0.5) is 5.69 Å². The smallest absolute Gasteiger partial charge is 0.337 e. The molecular formula is C21H22N4O3S. The van der Waals surface area contributed by atoms with Gasteiger partial charge in [-0.05, 0) is 37.1 Å². The van der Waals surface area contributed by atoms with E-state index in [2.05, 4.69) is 15.5 Å². The number of methoxy groups -OCH3 is 1. The van der Waals surface area contributed by atoms with Gasteiger partial charge in [0.05, 0.1) is 18.4 Å². The van der Waals surface area contributed by atoms with E-state index in [4.69, 9.17) is 4.74 Å².